The van der Waals surface area contributed by atoms with E-state index in [2.05, 4.69) is 9.97 Å². The summed E-state index contributed by atoms with van der Waals surface area (Å²) in [6.45, 7) is 0. The van der Waals surface area contributed by atoms with Crippen molar-refractivity contribution in [1.82, 2.24) is 9.97 Å². The molecule has 0 spiro atoms. The van der Waals surface area contributed by atoms with Gasteiger partial charge in [0.05, 0.1) is 20.9 Å². The van der Waals surface area contributed by atoms with Gasteiger partial charge in [-0.2, -0.15) is 0 Å². The first-order chi connectivity index (χ1) is 16.5. The molecule has 34 heavy (non-hydrogen) atoms. The fourth-order valence-corrected chi connectivity index (χ4v) is 3.56. The Morgan fingerprint density at radius 1 is 0.647 bits per heavy atom. The van der Waals surface area contributed by atoms with E-state index in [1.54, 1.807) is 18.2 Å². The van der Waals surface area contributed by atoms with Crippen LogP contribution in [0.25, 0.3) is 33.5 Å². The topological polar surface area (TPSA) is 124 Å². The van der Waals surface area contributed by atoms with Gasteiger partial charge in [-0.15, -0.1) is 0 Å². The van der Waals surface area contributed by atoms with Crippen LogP contribution < -0.4 is 4.74 Å². The third-order valence-corrected chi connectivity index (χ3v) is 5.31. The third kappa shape index (κ3) is 4.17. The second-order valence-corrected chi connectivity index (χ2v) is 7.50. The van der Waals surface area contributed by atoms with Gasteiger partial charge in [0.2, 0.25) is 0 Å². The Kier molecular flexibility index (Phi) is 5.19. The number of hydrogen-bond acceptors (Lipinski definition) is 6. The number of rotatable bonds is 6. The lowest BCUT2D eigenvalue weighted by Crippen LogP contribution is -1.88. The summed E-state index contributed by atoms with van der Waals surface area (Å²) in [5.41, 5.74) is 4.14. The van der Waals surface area contributed by atoms with Crippen LogP contribution in [0.3, 0.4) is 0 Å². The van der Waals surface area contributed by atoms with E-state index in [9.17, 15) is 20.2 Å². The highest BCUT2D eigenvalue weighted by Crippen LogP contribution is 2.29. The van der Waals surface area contributed by atoms with Crippen molar-refractivity contribution >= 4 is 22.4 Å². The lowest BCUT2D eigenvalue weighted by molar-refractivity contribution is -0.385. The van der Waals surface area contributed by atoms with Crippen LogP contribution in [0.15, 0.2) is 91.0 Å². The highest BCUT2D eigenvalue weighted by Gasteiger charge is 2.11. The molecule has 0 radical (unpaired) electrons. The third-order valence-electron chi connectivity index (χ3n) is 5.31. The molecule has 1 N–H and O–H groups in total. The first kappa shape index (κ1) is 20.8. The molecule has 0 aliphatic rings. The van der Waals surface area contributed by atoms with Gasteiger partial charge in [0, 0.05) is 29.8 Å². The molecule has 0 saturated heterocycles. The van der Waals surface area contributed by atoms with Crippen LogP contribution in [0.5, 0.6) is 11.5 Å². The molecule has 0 aliphatic carbocycles. The fourth-order valence-electron chi connectivity index (χ4n) is 3.56. The Bertz CT molecular complexity index is 1510. The summed E-state index contributed by atoms with van der Waals surface area (Å²) in [6, 6.07) is 25.8. The average molecular weight is 452 g/mol. The predicted molar refractivity (Wildman–Crippen MR) is 127 cm³/mol. The fraction of sp³-hybridized carbons (Fsp3) is 0. The Balaban J connectivity index is 1.32. The van der Waals surface area contributed by atoms with Crippen molar-refractivity contribution in [3.63, 3.8) is 0 Å². The smallest absolute Gasteiger partial charge is 0.271 e. The number of ether oxygens (including phenoxy) is 1. The number of H-pyrrole nitrogens is 1. The highest BCUT2D eigenvalue weighted by molar-refractivity contribution is 5.82. The van der Waals surface area contributed by atoms with Crippen LogP contribution in [0.2, 0.25) is 0 Å². The summed E-state index contributed by atoms with van der Waals surface area (Å²) in [6.07, 6.45) is 0. The van der Waals surface area contributed by atoms with Gasteiger partial charge < -0.3 is 9.72 Å². The van der Waals surface area contributed by atoms with E-state index >= 15 is 0 Å². The number of aromatic amines is 1. The first-order valence-electron chi connectivity index (χ1n) is 10.2. The SMILES string of the molecule is O=[N+]([O-])c1ccc(Oc2ccc(-c3ccc(-c4nc5ccc([N+](=O)[O-])cc5[nH]4)cc3)cc2)cc1. The Morgan fingerprint density at radius 2 is 1.15 bits per heavy atom. The molecular weight excluding hydrogens is 436 g/mol. The molecule has 1 aromatic heterocycles. The van der Waals surface area contributed by atoms with E-state index in [-0.39, 0.29) is 11.4 Å². The van der Waals surface area contributed by atoms with Gasteiger partial charge in [-0.3, -0.25) is 20.2 Å². The maximum Gasteiger partial charge on any atom is 0.271 e. The number of non-ortho nitro benzene ring substituents is 2. The second kappa shape index (κ2) is 8.47. The van der Waals surface area contributed by atoms with E-state index in [1.165, 1.54) is 24.3 Å². The number of nitro groups is 2. The molecule has 0 fully saturated rings. The van der Waals surface area contributed by atoms with Crippen LogP contribution >= 0.6 is 0 Å². The molecule has 5 aromatic rings. The predicted octanol–water partition coefficient (Wildman–Crippen LogP) is 6.51. The quantitative estimate of drug-likeness (QED) is 0.231. The monoisotopic (exact) mass is 452 g/mol. The number of nitro benzene ring substituents is 2. The van der Waals surface area contributed by atoms with E-state index in [0.29, 0.717) is 28.4 Å². The van der Waals surface area contributed by atoms with Crippen LogP contribution in [0.1, 0.15) is 0 Å². The van der Waals surface area contributed by atoms with Crippen molar-refractivity contribution in [3.8, 4) is 34.0 Å². The summed E-state index contributed by atoms with van der Waals surface area (Å²) < 4.78 is 5.76. The molecule has 4 aromatic carbocycles. The van der Waals surface area contributed by atoms with Crippen LogP contribution in [-0.2, 0) is 0 Å². The number of hydrogen-bond donors (Lipinski definition) is 1. The maximum absolute atomic E-state index is 11.0. The minimum atomic E-state index is -0.454. The van der Waals surface area contributed by atoms with Crippen molar-refractivity contribution in [1.29, 1.82) is 0 Å². The van der Waals surface area contributed by atoms with Crippen molar-refractivity contribution in [2.45, 2.75) is 0 Å². The lowest BCUT2D eigenvalue weighted by Gasteiger charge is -2.07. The number of aromatic nitrogens is 2. The maximum atomic E-state index is 11.0. The summed E-state index contributed by atoms with van der Waals surface area (Å²) in [4.78, 5) is 28.5. The van der Waals surface area contributed by atoms with Gasteiger partial charge in [0.15, 0.2) is 0 Å². The summed E-state index contributed by atoms with van der Waals surface area (Å²) >= 11 is 0. The van der Waals surface area contributed by atoms with Crippen LogP contribution in [0.4, 0.5) is 11.4 Å². The Labute approximate surface area is 192 Å². The van der Waals surface area contributed by atoms with Crippen LogP contribution in [-0.4, -0.2) is 19.8 Å². The van der Waals surface area contributed by atoms with E-state index in [1.807, 2.05) is 48.5 Å². The minimum Gasteiger partial charge on any atom is -0.457 e. The van der Waals surface area contributed by atoms with Gasteiger partial charge in [-0.1, -0.05) is 36.4 Å². The molecule has 0 saturated carbocycles. The molecule has 0 aliphatic heterocycles. The van der Waals surface area contributed by atoms with Gasteiger partial charge in [0.25, 0.3) is 11.4 Å². The molecule has 1 heterocycles. The normalized spacial score (nSPS) is 10.8. The van der Waals surface area contributed by atoms with Crippen molar-refractivity contribution in [3.05, 3.63) is 111 Å². The molecule has 9 nitrogen and oxygen atoms in total. The molecule has 0 amide bonds. The van der Waals surface area contributed by atoms with Crippen LogP contribution in [0, 0.1) is 20.2 Å². The Morgan fingerprint density at radius 3 is 1.74 bits per heavy atom. The summed E-state index contributed by atoms with van der Waals surface area (Å²) in [5, 5.41) is 21.7. The number of nitrogens with zero attached hydrogens (tertiary/aromatic N) is 3. The largest absolute Gasteiger partial charge is 0.457 e. The van der Waals surface area contributed by atoms with E-state index < -0.39 is 9.85 Å². The zero-order valence-corrected chi connectivity index (χ0v) is 17.5. The Hall–Kier alpha value is -5.05. The average Bonchev–Trinajstić information content (AvgIpc) is 3.28. The number of fused-ring (bicyclic) bond motifs is 1. The zero-order valence-electron chi connectivity index (χ0n) is 17.5. The molecule has 0 unspecified atom stereocenters. The van der Waals surface area contributed by atoms with E-state index in [0.717, 1.165) is 16.7 Å². The minimum absolute atomic E-state index is 0.00936. The van der Waals surface area contributed by atoms with Gasteiger partial charge in [0.1, 0.15) is 17.3 Å². The highest BCUT2D eigenvalue weighted by atomic mass is 16.6. The number of benzene rings is 4. The molecular formula is C25H16N4O5. The standard InChI is InChI=1S/C25H16N4O5/c30-28(31)19-7-12-22(13-8-19)34-21-10-5-17(6-11-21)16-1-3-18(4-2-16)25-26-23-14-9-20(29(32)33)15-24(23)27-25/h1-15H,(H,26,27). The van der Waals surface area contributed by atoms with Crippen molar-refractivity contribution < 1.29 is 14.6 Å². The molecule has 9 heteroatoms. The zero-order chi connectivity index (χ0) is 23.7. The molecule has 0 atom stereocenters. The van der Waals surface area contributed by atoms with Gasteiger partial charge in [-0.25, -0.2) is 4.98 Å². The first-order valence-corrected chi connectivity index (χ1v) is 10.2. The molecule has 166 valence electrons. The molecule has 0 bridgehead atoms. The van der Waals surface area contributed by atoms with E-state index in [4.69, 9.17) is 4.74 Å². The van der Waals surface area contributed by atoms with Gasteiger partial charge in [-0.05, 0) is 41.5 Å². The number of imidazole rings is 1. The lowest BCUT2D eigenvalue weighted by atomic mass is 10.0. The molecule has 5 rings (SSSR count). The van der Waals surface area contributed by atoms with Crippen molar-refractivity contribution in [2.24, 2.45) is 0 Å². The number of nitrogens with one attached hydrogen (secondary N) is 1. The summed E-state index contributed by atoms with van der Waals surface area (Å²) in [5.74, 6) is 1.76. The van der Waals surface area contributed by atoms with Crippen molar-refractivity contribution in [2.75, 3.05) is 0 Å². The second-order valence-electron chi connectivity index (χ2n) is 7.50. The van der Waals surface area contributed by atoms with Gasteiger partial charge >= 0.3 is 0 Å². The summed E-state index contributed by atoms with van der Waals surface area (Å²) in [7, 11) is 0.